The minimum atomic E-state index is -4.52. The topological polar surface area (TPSA) is 100 Å². The molecule has 0 fully saturated rings. The first kappa shape index (κ1) is 25.3. The first-order chi connectivity index (χ1) is 17.8. The van der Waals surface area contributed by atoms with Gasteiger partial charge in [0, 0.05) is 5.69 Å². The second-order valence-electron chi connectivity index (χ2n) is 7.83. The van der Waals surface area contributed by atoms with Gasteiger partial charge in [-0.3, -0.25) is 4.79 Å². The molecule has 0 aliphatic rings. The Bertz CT molecular complexity index is 1470. The molecule has 1 amide bonds. The first-order valence-corrected chi connectivity index (χ1v) is 11.2. The number of nitrogens with zero attached hydrogens (tertiary/aromatic N) is 2. The molecule has 0 radical (unpaired) electrons. The Balaban J connectivity index is 1.48. The lowest BCUT2D eigenvalue weighted by atomic mass is 10.1. The lowest BCUT2D eigenvalue weighted by Crippen LogP contribution is -2.20. The van der Waals surface area contributed by atoms with Crippen LogP contribution < -0.4 is 14.8 Å². The fourth-order valence-electron chi connectivity index (χ4n) is 3.52. The minimum Gasteiger partial charge on any atom is -0.490 e. The van der Waals surface area contributed by atoms with Gasteiger partial charge in [-0.15, -0.1) is 0 Å². The first-order valence-electron chi connectivity index (χ1n) is 11.2. The largest absolute Gasteiger partial charge is 0.490 e. The summed E-state index contributed by atoms with van der Waals surface area (Å²) >= 11 is 0. The molecular formula is C27H21F3N4O3. The van der Waals surface area contributed by atoms with E-state index in [0.29, 0.717) is 29.3 Å². The molecule has 37 heavy (non-hydrogen) atoms. The fraction of sp³-hybridized carbons (Fsp3) is 0.148. The number of hydrogen-bond donors (Lipinski definition) is 2. The third-order valence-corrected chi connectivity index (χ3v) is 5.18. The second-order valence-corrected chi connectivity index (χ2v) is 7.83. The van der Waals surface area contributed by atoms with E-state index in [-0.39, 0.29) is 11.4 Å². The smallest absolute Gasteiger partial charge is 0.416 e. The number of alkyl halides is 3. The van der Waals surface area contributed by atoms with Crippen LogP contribution in [0.15, 0.2) is 66.7 Å². The van der Waals surface area contributed by atoms with E-state index in [1.54, 1.807) is 31.2 Å². The summed E-state index contributed by atoms with van der Waals surface area (Å²) < 4.78 is 49.9. The predicted octanol–water partition coefficient (Wildman–Crippen LogP) is 6.06. The van der Waals surface area contributed by atoms with E-state index in [1.165, 1.54) is 12.1 Å². The zero-order valence-electron chi connectivity index (χ0n) is 19.6. The number of anilines is 1. The Hall–Kier alpha value is -4.78. The van der Waals surface area contributed by atoms with Crippen LogP contribution in [0.5, 0.6) is 11.5 Å². The van der Waals surface area contributed by atoms with Crippen molar-refractivity contribution < 1.29 is 27.4 Å². The van der Waals surface area contributed by atoms with Crippen molar-refractivity contribution in [1.82, 2.24) is 9.97 Å². The highest BCUT2D eigenvalue weighted by molar-refractivity contribution is 5.92. The van der Waals surface area contributed by atoms with Crippen LogP contribution >= 0.6 is 0 Å². The van der Waals surface area contributed by atoms with Crippen LogP contribution in [0.3, 0.4) is 0 Å². The summed E-state index contributed by atoms with van der Waals surface area (Å²) in [5, 5.41) is 12.1. The van der Waals surface area contributed by atoms with Crippen LogP contribution in [0.2, 0.25) is 0 Å². The predicted molar refractivity (Wildman–Crippen MR) is 133 cm³/mol. The number of nitriles is 1. The SMILES string of the molecule is CCOc1cc(/C=C(/C#N)c2nc3ccccc3[nH]2)ccc1OCC(=O)Nc1cccc(C(F)(F)F)c1. The second kappa shape index (κ2) is 10.9. The maximum atomic E-state index is 12.9. The third kappa shape index (κ3) is 6.27. The van der Waals surface area contributed by atoms with Gasteiger partial charge in [-0.2, -0.15) is 18.4 Å². The number of nitrogens with one attached hydrogen (secondary N) is 2. The molecule has 1 aromatic heterocycles. The lowest BCUT2D eigenvalue weighted by molar-refractivity contribution is -0.137. The molecule has 0 unspecified atom stereocenters. The molecule has 0 aliphatic heterocycles. The van der Waals surface area contributed by atoms with E-state index in [2.05, 4.69) is 21.4 Å². The van der Waals surface area contributed by atoms with Gasteiger partial charge in [-0.1, -0.05) is 24.3 Å². The highest BCUT2D eigenvalue weighted by Gasteiger charge is 2.30. The lowest BCUT2D eigenvalue weighted by Gasteiger charge is -2.13. The van der Waals surface area contributed by atoms with Crippen molar-refractivity contribution in [3.05, 3.63) is 83.7 Å². The summed E-state index contributed by atoms with van der Waals surface area (Å²) in [6.07, 6.45) is -2.87. The summed E-state index contributed by atoms with van der Waals surface area (Å²) in [6.45, 7) is 1.64. The molecule has 1 heterocycles. The molecule has 3 aromatic carbocycles. The molecule has 2 N–H and O–H groups in total. The van der Waals surface area contributed by atoms with Crippen molar-refractivity contribution in [2.75, 3.05) is 18.5 Å². The van der Waals surface area contributed by atoms with E-state index in [4.69, 9.17) is 9.47 Å². The molecule has 7 nitrogen and oxygen atoms in total. The fourth-order valence-corrected chi connectivity index (χ4v) is 3.52. The zero-order valence-corrected chi connectivity index (χ0v) is 19.6. The number of aromatic amines is 1. The number of H-pyrrole nitrogens is 1. The highest BCUT2D eigenvalue weighted by atomic mass is 19.4. The van der Waals surface area contributed by atoms with E-state index in [0.717, 1.165) is 23.2 Å². The number of aromatic nitrogens is 2. The number of benzene rings is 3. The van der Waals surface area contributed by atoms with Crippen molar-refractivity contribution in [1.29, 1.82) is 5.26 Å². The van der Waals surface area contributed by atoms with Crippen molar-refractivity contribution in [2.45, 2.75) is 13.1 Å². The molecule has 0 bridgehead atoms. The van der Waals surface area contributed by atoms with Gasteiger partial charge in [-0.25, -0.2) is 4.98 Å². The van der Waals surface area contributed by atoms with Gasteiger partial charge in [0.1, 0.15) is 11.9 Å². The Morgan fingerprint density at radius 3 is 2.62 bits per heavy atom. The number of halogens is 3. The van der Waals surface area contributed by atoms with E-state index < -0.39 is 24.3 Å². The Labute approximate surface area is 210 Å². The van der Waals surface area contributed by atoms with Crippen molar-refractivity contribution in [3.8, 4) is 17.6 Å². The van der Waals surface area contributed by atoms with Crippen molar-refractivity contribution in [2.24, 2.45) is 0 Å². The molecule has 10 heteroatoms. The molecule has 0 aliphatic carbocycles. The number of carbonyl (C=O) groups excluding carboxylic acids is 1. The van der Waals surface area contributed by atoms with Gasteiger partial charge < -0.3 is 19.8 Å². The Morgan fingerprint density at radius 2 is 1.89 bits per heavy atom. The minimum absolute atomic E-state index is 0.00330. The Kier molecular flexibility index (Phi) is 7.44. The molecule has 0 spiro atoms. The van der Waals surface area contributed by atoms with Crippen LogP contribution in [0.4, 0.5) is 18.9 Å². The van der Waals surface area contributed by atoms with Crippen molar-refractivity contribution >= 4 is 34.3 Å². The van der Waals surface area contributed by atoms with Gasteiger partial charge in [0.05, 0.1) is 28.8 Å². The summed E-state index contributed by atoms with van der Waals surface area (Å²) in [5.41, 5.74) is 1.63. The van der Waals surface area contributed by atoms with Crippen LogP contribution in [0, 0.1) is 11.3 Å². The quantitative estimate of drug-likeness (QED) is 0.283. The van der Waals surface area contributed by atoms with Crippen LogP contribution in [0.1, 0.15) is 23.9 Å². The summed E-state index contributed by atoms with van der Waals surface area (Å²) in [4.78, 5) is 19.9. The van der Waals surface area contributed by atoms with E-state index >= 15 is 0 Å². The number of ether oxygens (including phenoxy) is 2. The average Bonchev–Trinajstić information content (AvgIpc) is 3.31. The molecule has 188 valence electrons. The van der Waals surface area contributed by atoms with E-state index in [9.17, 15) is 23.2 Å². The molecule has 4 aromatic rings. The summed E-state index contributed by atoms with van der Waals surface area (Å²) in [5.74, 6) is 0.390. The van der Waals surface area contributed by atoms with Gasteiger partial charge >= 0.3 is 6.18 Å². The number of rotatable bonds is 8. The summed E-state index contributed by atoms with van der Waals surface area (Å²) in [6, 6.07) is 18.8. The monoisotopic (exact) mass is 506 g/mol. The number of para-hydroxylation sites is 2. The average molecular weight is 506 g/mol. The number of allylic oxidation sites excluding steroid dienone is 1. The van der Waals surface area contributed by atoms with Crippen LogP contribution in [-0.4, -0.2) is 29.1 Å². The van der Waals surface area contributed by atoms with E-state index in [1.807, 2.05) is 24.3 Å². The number of carbonyl (C=O) groups is 1. The number of amides is 1. The molecular weight excluding hydrogens is 485 g/mol. The van der Waals surface area contributed by atoms with Crippen LogP contribution in [-0.2, 0) is 11.0 Å². The Morgan fingerprint density at radius 1 is 1.08 bits per heavy atom. The maximum Gasteiger partial charge on any atom is 0.416 e. The number of fused-ring (bicyclic) bond motifs is 1. The number of hydrogen-bond acceptors (Lipinski definition) is 5. The van der Waals surface area contributed by atoms with Gasteiger partial charge in [0.25, 0.3) is 5.91 Å². The van der Waals surface area contributed by atoms with Gasteiger partial charge in [-0.05, 0) is 61.0 Å². The van der Waals surface area contributed by atoms with Crippen molar-refractivity contribution in [3.63, 3.8) is 0 Å². The highest BCUT2D eigenvalue weighted by Crippen LogP contribution is 2.32. The summed E-state index contributed by atoms with van der Waals surface area (Å²) in [7, 11) is 0. The molecule has 0 atom stereocenters. The maximum absolute atomic E-state index is 12.9. The third-order valence-electron chi connectivity index (χ3n) is 5.18. The standard InChI is InChI=1S/C27H21F3N4O3/c1-2-36-24-13-17(12-18(15-31)26-33-21-8-3-4-9-22(21)34-26)10-11-23(24)37-16-25(35)32-20-7-5-6-19(14-20)27(28,29)30/h3-14H,2,16H2,1H3,(H,32,35)(H,33,34)/b18-12-. The molecule has 0 saturated carbocycles. The van der Waals surface area contributed by atoms with Gasteiger partial charge in [0.2, 0.25) is 0 Å². The van der Waals surface area contributed by atoms with Crippen LogP contribution in [0.25, 0.3) is 22.7 Å². The normalized spacial score (nSPS) is 11.7. The number of imidazole rings is 1. The molecule has 4 rings (SSSR count). The molecule has 0 saturated heterocycles. The zero-order chi connectivity index (χ0) is 26.4. The van der Waals surface area contributed by atoms with Gasteiger partial charge in [0.15, 0.2) is 18.1 Å².